The zero-order chi connectivity index (χ0) is 14.5. The summed E-state index contributed by atoms with van der Waals surface area (Å²) >= 11 is 3.16. The molecule has 0 unspecified atom stereocenters. The van der Waals surface area contributed by atoms with Crippen molar-refractivity contribution < 1.29 is 9.59 Å². The molecule has 1 fully saturated rings. The van der Waals surface area contributed by atoms with Gasteiger partial charge in [-0.3, -0.25) is 14.6 Å². The third-order valence-electron chi connectivity index (χ3n) is 3.11. The fourth-order valence-electron chi connectivity index (χ4n) is 2.08. The minimum absolute atomic E-state index is 0.0435. The average Bonchev–Trinajstić information content (AvgIpc) is 3.08. The molecule has 2 heterocycles. The smallest absolute Gasteiger partial charge is 0.250 e. The maximum absolute atomic E-state index is 12.3. The van der Waals surface area contributed by atoms with Crippen LogP contribution in [-0.2, 0) is 9.59 Å². The lowest BCUT2D eigenvalue weighted by Gasteiger charge is -2.23. The van der Waals surface area contributed by atoms with Gasteiger partial charge in [0.15, 0.2) is 5.17 Å². The molecule has 0 aromatic rings. The first-order valence-corrected chi connectivity index (χ1v) is 8.81. The molecule has 0 spiro atoms. The van der Waals surface area contributed by atoms with Crippen molar-refractivity contribution in [2.75, 3.05) is 23.9 Å². The van der Waals surface area contributed by atoms with Crippen molar-refractivity contribution in [1.29, 1.82) is 0 Å². The van der Waals surface area contributed by atoms with Crippen LogP contribution >= 0.6 is 23.5 Å². The summed E-state index contributed by atoms with van der Waals surface area (Å²) in [5.41, 5.74) is 0.709. The molecule has 1 atom stereocenters. The molecule has 7 heteroatoms. The first-order valence-electron chi connectivity index (χ1n) is 6.67. The number of carbonyl (C=O) groups is 2. The number of thioether (sulfide) groups is 2. The number of amidine groups is 1. The quantitative estimate of drug-likeness (QED) is 0.801. The zero-order valence-electron chi connectivity index (χ0n) is 11.7. The van der Waals surface area contributed by atoms with Crippen LogP contribution in [-0.4, -0.2) is 51.9 Å². The first-order chi connectivity index (χ1) is 9.63. The Morgan fingerprint density at radius 1 is 1.55 bits per heavy atom. The van der Waals surface area contributed by atoms with Gasteiger partial charge in [-0.2, -0.15) is 0 Å². The standard InChI is InChI=1S/C13H19N3O2S2/c1-3-4-9(2)12(18)16-8-19-7-10(16)11(17)15-13-14-5-6-20-13/h4,10H,3,5-8H2,1-2H3,(H,14,15,17)/b9-4-/t10-/m0/s1. The average molecular weight is 313 g/mol. The van der Waals surface area contributed by atoms with Crippen molar-refractivity contribution in [3.05, 3.63) is 11.6 Å². The lowest BCUT2D eigenvalue weighted by molar-refractivity contribution is -0.134. The zero-order valence-corrected chi connectivity index (χ0v) is 13.4. The fraction of sp³-hybridized carbons (Fsp3) is 0.615. The Hall–Kier alpha value is -0.950. The van der Waals surface area contributed by atoms with E-state index in [-0.39, 0.29) is 11.8 Å². The van der Waals surface area contributed by atoms with Gasteiger partial charge in [0.2, 0.25) is 5.91 Å². The lowest BCUT2D eigenvalue weighted by Crippen LogP contribution is -2.48. The third kappa shape index (κ3) is 3.58. The second-order valence-corrected chi connectivity index (χ2v) is 6.69. The number of allylic oxidation sites excluding steroid dienone is 1. The Labute approximate surface area is 127 Å². The predicted molar refractivity (Wildman–Crippen MR) is 84.9 cm³/mol. The fourth-order valence-corrected chi connectivity index (χ4v) is 3.96. The highest BCUT2D eigenvalue weighted by atomic mass is 32.2. The summed E-state index contributed by atoms with van der Waals surface area (Å²) in [6.45, 7) is 4.55. The summed E-state index contributed by atoms with van der Waals surface area (Å²) in [5.74, 6) is 1.97. The Balaban J connectivity index is 2.01. The maximum Gasteiger partial charge on any atom is 0.250 e. The molecule has 1 N–H and O–H groups in total. The molecule has 2 rings (SSSR count). The number of carbonyl (C=O) groups excluding carboxylic acids is 2. The topological polar surface area (TPSA) is 61.8 Å². The van der Waals surface area contributed by atoms with Crippen molar-refractivity contribution in [3.63, 3.8) is 0 Å². The summed E-state index contributed by atoms with van der Waals surface area (Å²) in [4.78, 5) is 30.4. The Bertz CT molecular complexity index is 463. The van der Waals surface area contributed by atoms with Crippen molar-refractivity contribution >= 4 is 40.5 Å². The number of rotatable bonds is 3. The highest BCUT2D eigenvalue weighted by Gasteiger charge is 2.35. The van der Waals surface area contributed by atoms with E-state index in [0.29, 0.717) is 22.4 Å². The highest BCUT2D eigenvalue weighted by molar-refractivity contribution is 8.14. The van der Waals surface area contributed by atoms with Gasteiger partial charge in [0, 0.05) is 17.1 Å². The van der Waals surface area contributed by atoms with E-state index in [2.05, 4.69) is 10.3 Å². The van der Waals surface area contributed by atoms with E-state index < -0.39 is 6.04 Å². The summed E-state index contributed by atoms with van der Waals surface area (Å²) in [7, 11) is 0. The SMILES string of the molecule is CC/C=C(/C)C(=O)N1CSC[C@H]1C(=O)NC1=NCCS1. The largest absolute Gasteiger partial charge is 0.317 e. The van der Waals surface area contributed by atoms with Crippen LogP contribution in [0.2, 0.25) is 0 Å². The molecule has 2 amide bonds. The number of hydrogen-bond donors (Lipinski definition) is 1. The highest BCUT2D eigenvalue weighted by Crippen LogP contribution is 2.23. The van der Waals surface area contributed by atoms with Gasteiger partial charge in [-0.05, 0) is 13.3 Å². The monoisotopic (exact) mass is 313 g/mol. The van der Waals surface area contributed by atoms with Crippen molar-refractivity contribution in [2.24, 2.45) is 4.99 Å². The number of hydrogen-bond acceptors (Lipinski definition) is 5. The van der Waals surface area contributed by atoms with Gasteiger partial charge in [0.1, 0.15) is 6.04 Å². The molecule has 0 radical (unpaired) electrons. The summed E-state index contributed by atoms with van der Waals surface area (Å²) in [6, 6.07) is -0.392. The van der Waals surface area contributed by atoms with Gasteiger partial charge < -0.3 is 10.2 Å². The summed E-state index contributed by atoms with van der Waals surface area (Å²) < 4.78 is 0. The molecule has 0 bridgehead atoms. The molecule has 2 aliphatic heterocycles. The lowest BCUT2D eigenvalue weighted by atomic mass is 10.2. The summed E-state index contributed by atoms with van der Waals surface area (Å²) in [5, 5.41) is 3.50. The molecule has 20 heavy (non-hydrogen) atoms. The second-order valence-electron chi connectivity index (χ2n) is 4.61. The van der Waals surface area contributed by atoms with Gasteiger partial charge in [-0.25, -0.2) is 0 Å². The molecular formula is C13H19N3O2S2. The molecule has 0 aromatic carbocycles. The van der Waals surface area contributed by atoms with Crippen LogP contribution in [0.5, 0.6) is 0 Å². The normalized spacial score (nSPS) is 22.9. The van der Waals surface area contributed by atoms with Gasteiger partial charge >= 0.3 is 0 Å². The van der Waals surface area contributed by atoms with E-state index in [1.54, 1.807) is 35.3 Å². The molecule has 0 aromatic heterocycles. The van der Waals surface area contributed by atoms with Crippen LogP contribution in [0.15, 0.2) is 16.6 Å². The molecule has 110 valence electrons. The number of amides is 2. The number of nitrogens with zero attached hydrogens (tertiary/aromatic N) is 2. The van der Waals surface area contributed by atoms with Crippen LogP contribution in [0.1, 0.15) is 20.3 Å². The second kappa shape index (κ2) is 7.17. The molecule has 2 aliphatic rings. The maximum atomic E-state index is 12.3. The van der Waals surface area contributed by atoms with E-state index in [1.807, 2.05) is 13.0 Å². The number of aliphatic imine (C=N–C) groups is 1. The van der Waals surface area contributed by atoms with Gasteiger partial charge in [-0.1, -0.05) is 24.8 Å². The first kappa shape index (κ1) is 15.4. The van der Waals surface area contributed by atoms with E-state index in [9.17, 15) is 9.59 Å². The molecule has 0 saturated carbocycles. The van der Waals surface area contributed by atoms with Crippen molar-refractivity contribution in [2.45, 2.75) is 26.3 Å². The van der Waals surface area contributed by atoms with E-state index in [1.165, 1.54) is 0 Å². The van der Waals surface area contributed by atoms with Crippen LogP contribution in [0.25, 0.3) is 0 Å². The Kier molecular flexibility index (Phi) is 5.54. The van der Waals surface area contributed by atoms with Crippen LogP contribution in [0.3, 0.4) is 0 Å². The van der Waals surface area contributed by atoms with Gasteiger partial charge in [-0.15, -0.1) is 11.8 Å². The van der Waals surface area contributed by atoms with E-state index >= 15 is 0 Å². The summed E-state index contributed by atoms with van der Waals surface area (Å²) in [6.07, 6.45) is 2.72. The van der Waals surface area contributed by atoms with Crippen molar-refractivity contribution in [1.82, 2.24) is 10.2 Å². The van der Waals surface area contributed by atoms with E-state index in [0.717, 1.165) is 18.7 Å². The van der Waals surface area contributed by atoms with Crippen LogP contribution < -0.4 is 5.32 Å². The Morgan fingerprint density at radius 3 is 3.00 bits per heavy atom. The molecule has 1 saturated heterocycles. The van der Waals surface area contributed by atoms with Crippen LogP contribution in [0.4, 0.5) is 0 Å². The number of nitrogens with one attached hydrogen (secondary N) is 1. The molecule has 0 aliphatic carbocycles. The minimum atomic E-state index is -0.392. The third-order valence-corrected chi connectivity index (χ3v) is 5.01. The molecular weight excluding hydrogens is 294 g/mol. The van der Waals surface area contributed by atoms with Gasteiger partial charge in [0.05, 0.1) is 12.4 Å². The van der Waals surface area contributed by atoms with E-state index in [4.69, 9.17) is 0 Å². The minimum Gasteiger partial charge on any atom is -0.317 e. The van der Waals surface area contributed by atoms with Crippen LogP contribution in [0, 0.1) is 0 Å². The molecule has 5 nitrogen and oxygen atoms in total. The van der Waals surface area contributed by atoms with Crippen molar-refractivity contribution in [3.8, 4) is 0 Å². The Morgan fingerprint density at radius 2 is 2.35 bits per heavy atom. The van der Waals surface area contributed by atoms with Gasteiger partial charge in [0.25, 0.3) is 5.91 Å². The predicted octanol–water partition coefficient (Wildman–Crippen LogP) is 1.46.